The molecule has 78 heavy (non-hydrogen) atoms. The smallest absolute Gasteiger partial charge is 0.303 e. The Labute approximate surface area is 487 Å². The fourth-order valence-electron chi connectivity index (χ4n) is 12.0. The standard InChI is InChI=1S/C76H130N2/c1-7-13-19-23-27-28-29-30-31-32-33-34-35-36-37-38-39-40-41-42-43-44-45-46-50-54-60-75(72(67-78-77)59-53-49-26-22-16-10-4)76(73-63-68(55-17-11-5)61-69(64-73)56-18-12-6)74-65-70(57-51-47-24-20-14-8-2)62-71(66-74)58-52-48-25-21-15-9-3/h54,60-66H,7-53,55-59H2,1-6H3. The van der Waals surface area contributed by atoms with Crippen molar-refractivity contribution in [1.82, 2.24) is 0 Å². The van der Waals surface area contributed by atoms with Gasteiger partial charge in [-0.2, -0.15) is 0 Å². The lowest BCUT2D eigenvalue weighted by molar-refractivity contribution is 0.00742. The summed E-state index contributed by atoms with van der Waals surface area (Å²) in [6.07, 6.45) is 73.6. The first-order valence-electron chi connectivity index (χ1n) is 35.2. The van der Waals surface area contributed by atoms with Crippen LogP contribution < -0.4 is 0 Å². The molecule has 2 aromatic rings. The van der Waals surface area contributed by atoms with E-state index < -0.39 is 0 Å². The minimum atomic E-state index is 0.874. The molecule has 2 rings (SSSR count). The first-order chi connectivity index (χ1) is 38.5. The van der Waals surface area contributed by atoms with Crippen molar-refractivity contribution in [2.45, 2.75) is 375 Å². The Morgan fingerprint density at radius 3 is 0.910 bits per heavy atom. The van der Waals surface area contributed by atoms with Gasteiger partial charge < -0.3 is 5.53 Å². The molecule has 0 spiro atoms. The second-order valence-electron chi connectivity index (χ2n) is 24.6. The molecule has 2 heteroatoms. The van der Waals surface area contributed by atoms with Crippen molar-refractivity contribution >= 4 is 11.4 Å². The predicted molar refractivity (Wildman–Crippen MR) is 351 cm³/mol. The van der Waals surface area contributed by atoms with Gasteiger partial charge in [0.25, 0.3) is 0 Å². The van der Waals surface area contributed by atoms with Gasteiger partial charge in [0, 0.05) is 5.57 Å². The van der Waals surface area contributed by atoms with E-state index in [2.05, 4.69) is 101 Å². The highest BCUT2D eigenvalue weighted by Gasteiger charge is 2.20. The third-order valence-corrected chi connectivity index (χ3v) is 17.0. The molecule has 444 valence electrons. The molecule has 0 radical (unpaired) electrons. The molecule has 0 aliphatic carbocycles. The number of aryl methyl sites for hydroxylation is 4. The van der Waals surface area contributed by atoms with Crippen LogP contribution in [0.4, 0.5) is 0 Å². The van der Waals surface area contributed by atoms with Crippen molar-refractivity contribution in [3.8, 4) is 0 Å². The summed E-state index contributed by atoms with van der Waals surface area (Å²) in [5.74, 6) is 3.26. The maximum absolute atomic E-state index is 10.4. The van der Waals surface area contributed by atoms with Crippen molar-refractivity contribution in [2.75, 3.05) is 0 Å². The minimum absolute atomic E-state index is 0.874. The summed E-state index contributed by atoms with van der Waals surface area (Å²) in [6, 6.07) is 15.3. The lowest BCUT2D eigenvalue weighted by Gasteiger charge is -2.20. The first kappa shape index (κ1) is 71.2. The second-order valence-corrected chi connectivity index (χ2v) is 24.6. The Hall–Kier alpha value is -2.92. The van der Waals surface area contributed by atoms with Gasteiger partial charge in [-0.1, -0.05) is 347 Å². The summed E-state index contributed by atoms with van der Waals surface area (Å²) < 4.78 is 0. The van der Waals surface area contributed by atoms with Gasteiger partial charge in [0.15, 0.2) is 0 Å². The Morgan fingerprint density at radius 2 is 0.603 bits per heavy atom. The van der Waals surface area contributed by atoms with Crippen LogP contribution in [-0.2, 0) is 25.7 Å². The monoisotopic (exact) mass is 1070 g/mol. The zero-order chi connectivity index (χ0) is 56.0. The number of benzene rings is 2. The van der Waals surface area contributed by atoms with Gasteiger partial charge in [-0.15, -0.1) is 4.79 Å². The third-order valence-electron chi connectivity index (χ3n) is 17.0. The summed E-state index contributed by atoms with van der Waals surface area (Å²) in [6.45, 7) is 13.9. The normalized spacial score (nSPS) is 11.9. The van der Waals surface area contributed by atoms with Gasteiger partial charge in [0.1, 0.15) is 0 Å². The third kappa shape index (κ3) is 37.9. The lowest BCUT2D eigenvalue weighted by atomic mass is 9.83. The van der Waals surface area contributed by atoms with E-state index in [-0.39, 0.29) is 0 Å². The number of hydrogen-bond acceptors (Lipinski definition) is 0. The molecule has 0 saturated carbocycles. The van der Waals surface area contributed by atoms with Crippen molar-refractivity contribution in [1.29, 1.82) is 0 Å². The van der Waals surface area contributed by atoms with Crippen LogP contribution in [0.1, 0.15) is 383 Å². The topological polar surface area (TPSA) is 36.4 Å². The van der Waals surface area contributed by atoms with Crippen molar-refractivity contribution in [3.63, 3.8) is 0 Å². The number of unbranched alkanes of at least 4 members (excludes halogenated alkanes) is 41. The van der Waals surface area contributed by atoms with Crippen LogP contribution in [0.25, 0.3) is 11.1 Å². The minimum Gasteiger partial charge on any atom is -0.348 e. The fraction of sp³-hybridized carbons (Fsp3) is 0.763. The van der Waals surface area contributed by atoms with Crippen molar-refractivity contribution < 1.29 is 4.79 Å². The van der Waals surface area contributed by atoms with E-state index in [9.17, 15) is 5.53 Å². The summed E-state index contributed by atoms with van der Waals surface area (Å²) in [4.78, 5) is 3.74. The lowest BCUT2D eigenvalue weighted by Crippen LogP contribution is -2.03. The van der Waals surface area contributed by atoms with E-state index in [1.807, 2.05) is 0 Å². The summed E-state index contributed by atoms with van der Waals surface area (Å²) in [5.41, 5.74) is 22.6. The molecule has 0 unspecified atom stereocenters. The molecule has 0 saturated heterocycles. The molecule has 2 aromatic carbocycles. The van der Waals surface area contributed by atoms with E-state index in [0.29, 0.717) is 0 Å². The van der Waals surface area contributed by atoms with Gasteiger partial charge in [0.05, 0.1) is 5.57 Å². The quantitative estimate of drug-likeness (QED) is 0.0208. The van der Waals surface area contributed by atoms with Crippen LogP contribution in [0.15, 0.2) is 59.7 Å². The zero-order valence-corrected chi connectivity index (χ0v) is 53.3. The maximum atomic E-state index is 10.4. The number of rotatable bonds is 56. The number of hydrogen-bond donors (Lipinski definition) is 0. The van der Waals surface area contributed by atoms with Gasteiger partial charge in [-0.3, -0.25) is 0 Å². The molecule has 2 nitrogen and oxygen atoms in total. The summed E-state index contributed by atoms with van der Waals surface area (Å²) in [5, 5.41) is 0. The fourth-order valence-corrected chi connectivity index (χ4v) is 12.0. The Kier molecular flexibility index (Phi) is 48.7. The van der Waals surface area contributed by atoms with E-state index in [0.717, 1.165) is 50.5 Å². The molecular formula is C76H130N2. The molecule has 0 aliphatic rings. The molecule has 0 amide bonds. The van der Waals surface area contributed by atoms with E-state index >= 15 is 0 Å². The molecule has 0 bridgehead atoms. The molecule has 0 aliphatic heterocycles. The van der Waals surface area contributed by atoms with Crippen LogP contribution in [0.5, 0.6) is 0 Å². The van der Waals surface area contributed by atoms with Crippen molar-refractivity contribution in [2.24, 2.45) is 0 Å². The van der Waals surface area contributed by atoms with E-state index in [4.69, 9.17) is 0 Å². The highest BCUT2D eigenvalue weighted by Crippen LogP contribution is 2.36. The average Bonchev–Trinajstić information content (AvgIpc) is 3.48. The number of nitrogens with zero attached hydrogens (tertiary/aromatic N) is 2. The first-order valence-corrected chi connectivity index (χ1v) is 35.2. The maximum Gasteiger partial charge on any atom is 0.303 e. The molecule has 0 fully saturated rings. The Balaban J connectivity index is 2.30. The molecule has 0 heterocycles. The van der Waals surface area contributed by atoms with Crippen molar-refractivity contribution in [3.05, 3.63) is 98.6 Å². The van der Waals surface area contributed by atoms with Gasteiger partial charge in [0.2, 0.25) is 0 Å². The summed E-state index contributed by atoms with van der Waals surface area (Å²) in [7, 11) is 0. The zero-order valence-electron chi connectivity index (χ0n) is 53.3. The largest absolute Gasteiger partial charge is 0.348 e. The van der Waals surface area contributed by atoms with Gasteiger partial charge >= 0.3 is 5.87 Å². The van der Waals surface area contributed by atoms with Crippen LogP contribution >= 0.6 is 0 Å². The molecule has 0 aromatic heterocycles. The second kappa shape index (κ2) is 53.4. The van der Waals surface area contributed by atoms with E-state index in [1.165, 1.54) is 333 Å². The van der Waals surface area contributed by atoms with Crippen LogP contribution in [0.3, 0.4) is 0 Å². The summed E-state index contributed by atoms with van der Waals surface area (Å²) >= 11 is 0. The van der Waals surface area contributed by atoms with Crippen LogP contribution in [-0.4, -0.2) is 10.7 Å². The Bertz CT molecular complexity index is 1770. The van der Waals surface area contributed by atoms with Gasteiger partial charge in [-0.05, 0) is 116 Å². The van der Waals surface area contributed by atoms with E-state index in [1.54, 1.807) is 0 Å². The van der Waals surface area contributed by atoms with Crippen LogP contribution in [0.2, 0.25) is 0 Å². The average molecular weight is 1070 g/mol. The SMILES string of the molecule is CCCCCCCCCCCCCCCCCCCCCCCCCCC=CC(C(=C=[N+]=[N-])CCCCCCCC)=C(c1cc(CCCC)cc(CCCC)c1)c1cc(CCCCCCCC)cc(CCCCCCCC)c1. The van der Waals surface area contributed by atoms with Crippen LogP contribution in [0, 0.1) is 0 Å². The van der Waals surface area contributed by atoms with Gasteiger partial charge in [-0.25, -0.2) is 0 Å². The number of allylic oxidation sites excluding steroid dienone is 4. The molecular weight excluding hydrogens is 941 g/mol. The Morgan fingerprint density at radius 1 is 0.333 bits per heavy atom. The predicted octanol–water partition coefficient (Wildman–Crippen LogP) is 25.9. The highest BCUT2D eigenvalue weighted by atomic mass is 14.8. The molecule has 0 N–H and O–H groups in total. The highest BCUT2D eigenvalue weighted by molar-refractivity contribution is 5.89. The molecule has 0 atom stereocenters.